The maximum Gasteiger partial charge on any atom is 0.251 e. The summed E-state index contributed by atoms with van der Waals surface area (Å²) in [5.74, 6) is 2.60. The summed E-state index contributed by atoms with van der Waals surface area (Å²) in [4.78, 5) is 19.0. The molecule has 0 aromatic rings. The Morgan fingerprint density at radius 3 is 2.79 bits per heavy atom. The van der Waals surface area contributed by atoms with E-state index in [2.05, 4.69) is 17.2 Å². The lowest BCUT2D eigenvalue weighted by Crippen LogP contribution is -2.46. The number of hydrogen-bond donors (Lipinski definition) is 1. The van der Waals surface area contributed by atoms with E-state index in [4.69, 9.17) is 9.47 Å². The van der Waals surface area contributed by atoms with Crippen LogP contribution in [0.4, 0.5) is 0 Å². The molecule has 0 aromatic carbocycles. The minimum absolute atomic E-state index is 0.183. The van der Waals surface area contributed by atoms with Gasteiger partial charge in [0.05, 0.1) is 0 Å². The largest absolute Gasteiger partial charge is 0.368 e. The summed E-state index contributed by atoms with van der Waals surface area (Å²) in [7, 11) is 0. The van der Waals surface area contributed by atoms with Crippen LogP contribution < -0.4 is 5.32 Å². The molecule has 4 fully saturated rings. The maximum absolute atomic E-state index is 12.6. The number of nitrogens with one attached hydrogen (secondary N) is 1. The van der Waals surface area contributed by atoms with Crippen molar-refractivity contribution in [2.24, 2.45) is 22.7 Å². The molecule has 0 radical (unpaired) electrons. The molecule has 1 N–H and O–H groups in total. The van der Waals surface area contributed by atoms with Gasteiger partial charge in [0.25, 0.3) is 5.91 Å². The van der Waals surface area contributed by atoms with Gasteiger partial charge in [-0.1, -0.05) is 18.2 Å². The maximum atomic E-state index is 12.6. The molecule has 5 rings (SSSR count). The van der Waals surface area contributed by atoms with Crippen molar-refractivity contribution in [3.05, 3.63) is 0 Å². The summed E-state index contributed by atoms with van der Waals surface area (Å²) in [5.41, 5.74) is 0. The summed E-state index contributed by atoms with van der Waals surface area (Å²) in [6.45, 7) is 5.13. The second-order valence-electron chi connectivity index (χ2n) is 9.87. The van der Waals surface area contributed by atoms with Crippen molar-refractivity contribution in [3.8, 4) is 0 Å². The Morgan fingerprint density at radius 2 is 2.10 bits per heavy atom. The Bertz CT molecular complexity index is 645. The van der Waals surface area contributed by atoms with Gasteiger partial charge in [0, 0.05) is 25.7 Å². The van der Waals surface area contributed by atoms with Gasteiger partial charge in [-0.25, -0.2) is 4.99 Å². The molecule has 2 saturated heterocycles. The highest BCUT2D eigenvalue weighted by molar-refractivity contribution is 8.14. The van der Waals surface area contributed by atoms with Crippen LogP contribution in [0.2, 0.25) is 0 Å². The molecule has 6 nitrogen and oxygen atoms in total. The van der Waals surface area contributed by atoms with E-state index >= 15 is 0 Å². The van der Waals surface area contributed by atoms with E-state index in [1.165, 1.54) is 25.7 Å². The number of carbonyl (C=O) groups excluding carboxylic acids is 1. The topological polar surface area (TPSA) is 63.2 Å². The number of nitrogens with zero attached hydrogens (tertiary/aromatic N) is 2. The first kappa shape index (κ1) is 20.1. The standard InChI is InChI=1S/C22H35N3O3S/c1-22(13-15-6-8-25(9-7-15)20(26)19-3-2-10-27-19)28-14-23-21(29-22)24-18-12-16-4-5-17(18)11-16/h15-19H,2-14H2,1H3,(H,23,24)/t16-,17+,18+,19-,22?/m1/s1. The number of fused-ring (bicyclic) bond motifs is 2. The van der Waals surface area contributed by atoms with Crippen molar-refractivity contribution >= 4 is 22.8 Å². The zero-order chi connectivity index (χ0) is 19.8. The summed E-state index contributed by atoms with van der Waals surface area (Å²) in [6, 6.07) is 0.620. The van der Waals surface area contributed by atoms with Crippen molar-refractivity contribution in [1.82, 2.24) is 10.2 Å². The molecule has 2 saturated carbocycles. The number of rotatable bonds is 4. The Hall–Kier alpha value is -0.790. The number of likely N-dealkylation sites (tertiary alicyclic amines) is 1. The number of piperidine rings is 1. The minimum atomic E-state index is -0.215. The number of hydrogen-bond acceptors (Lipinski definition) is 6. The SMILES string of the molecule is CC1(CC2CCN(C(=O)[C@H]3CCCO3)CC2)OCN=C(N[C@H]2C[C@@H]3CC[C@H]2C3)S1. The molecule has 3 aliphatic heterocycles. The fourth-order valence-electron chi connectivity index (χ4n) is 6.11. The average molecular weight is 422 g/mol. The van der Waals surface area contributed by atoms with Gasteiger partial charge in [-0.3, -0.25) is 4.79 Å². The van der Waals surface area contributed by atoms with Gasteiger partial charge in [-0.15, -0.1) is 0 Å². The third-order valence-electron chi connectivity index (χ3n) is 7.73. The number of aliphatic imine (C=N–C) groups is 1. The number of amides is 1. The predicted molar refractivity (Wildman–Crippen MR) is 115 cm³/mol. The van der Waals surface area contributed by atoms with E-state index in [9.17, 15) is 4.79 Å². The highest BCUT2D eigenvalue weighted by atomic mass is 32.2. The molecule has 0 spiro atoms. The zero-order valence-electron chi connectivity index (χ0n) is 17.6. The fourth-order valence-corrected chi connectivity index (χ4v) is 7.27. The van der Waals surface area contributed by atoms with Crippen molar-refractivity contribution in [2.45, 2.75) is 81.8 Å². The molecule has 7 heteroatoms. The normalized spacial score (nSPS) is 40.3. The van der Waals surface area contributed by atoms with E-state index in [1.807, 2.05) is 4.90 Å². The molecule has 0 aromatic heterocycles. The molecule has 3 heterocycles. The first-order valence-electron chi connectivity index (χ1n) is 11.6. The van der Waals surface area contributed by atoms with Crippen LogP contribution in [-0.2, 0) is 14.3 Å². The van der Waals surface area contributed by atoms with Crippen LogP contribution in [0.1, 0.15) is 64.7 Å². The van der Waals surface area contributed by atoms with Gasteiger partial charge in [0.1, 0.15) is 17.8 Å². The molecule has 162 valence electrons. The number of ether oxygens (including phenoxy) is 2. The van der Waals surface area contributed by atoms with Crippen LogP contribution in [0.25, 0.3) is 0 Å². The molecule has 5 aliphatic rings. The fraction of sp³-hybridized carbons (Fsp3) is 0.909. The Balaban J connectivity index is 1.10. The molecule has 5 atom stereocenters. The predicted octanol–water partition coefficient (Wildman–Crippen LogP) is 3.37. The first-order valence-corrected chi connectivity index (χ1v) is 12.4. The van der Waals surface area contributed by atoms with Gasteiger partial charge in [-0.05, 0) is 76.0 Å². The third kappa shape index (κ3) is 4.47. The van der Waals surface area contributed by atoms with Crippen LogP contribution in [-0.4, -0.2) is 59.5 Å². The van der Waals surface area contributed by atoms with Crippen LogP contribution in [0, 0.1) is 17.8 Å². The van der Waals surface area contributed by atoms with Gasteiger partial charge < -0.3 is 19.7 Å². The van der Waals surface area contributed by atoms with Gasteiger partial charge in [0.2, 0.25) is 0 Å². The van der Waals surface area contributed by atoms with E-state index in [0.717, 1.165) is 68.8 Å². The second kappa shape index (κ2) is 8.39. The number of thioether (sulfide) groups is 1. The smallest absolute Gasteiger partial charge is 0.251 e. The van der Waals surface area contributed by atoms with Crippen LogP contribution in [0.15, 0.2) is 4.99 Å². The Kier molecular flexibility index (Phi) is 5.82. The molecule has 29 heavy (non-hydrogen) atoms. The summed E-state index contributed by atoms with van der Waals surface area (Å²) in [5, 5.41) is 4.85. The molecular formula is C22H35N3O3S. The Labute approximate surface area is 178 Å². The van der Waals surface area contributed by atoms with Gasteiger partial charge in [0.15, 0.2) is 5.17 Å². The van der Waals surface area contributed by atoms with Crippen molar-refractivity contribution in [3.63, 3.8) is 0 Å². The molecule has 2 aliphatic carbocycles. The zero-order valence-corrected chi connectivity index (χ0v) is 18.4. The molecule has 1 unspecified atom stereocenters. The van der Waals surface area contributed by atoms with Crippen molar-refractivity contribution in [2.75, 3.05) is 26.4 Å². The molecule has 2 bridgehead atoms. The lowest BCUT2D eigenvalue weighted by Gasteiger charge is -2.39. The van der Waals surface area contributed by atoms with E-state index < -0.39 is 0 Å². The van der Waals surface area contributed by atoms with Crippen molar-refractivity contribution in [1.29, 1.82) is 0 Å². The lowest BCUT2D eigenvalue weighted by molar-refractivity contribution is -0.142. The van der Waals surface area contributed by atoms with E-state index in [1.54, 1.807) is 11.8 Å². The van der Waals surface area contributed by atoms with E-state index in [0.29, 0.717) is 18.7 Å². The Morgan fingerprint density at radius 1 is 1.24 bits per heavy atom. The summed E-state index contributed by atoms with van der Waals surface area (Å²) < 4.78 is 11.7. The van der Waals surface area contributed by atoms with Gasteiger partial charge in [-0.2, -0.15) is 0 Å². The number of amidine groups is 1. The average Bonchev–Trinajstić information content (AvgIpc) is 3.46. The van der Waals surface area contributed by atoms with Crippen LogP contribution >= 0.6 is 11.8 Å². The minimum Gasteiger partial charge on any atom is -0.368 e. The highest BCUT2D eigenvalue weighted by Gasteiger charge is 2.42. The van der Waals surface area contributed by atoms with Gasteiger partial charge >= 0.3 is 0 Å². The second-order valence-corrected chi connectivity index (χ2v) is 11.3. The molecular weight excluding hydrogens is 386 g/mol. The summed E-state index contributed by atoms with van der Waals surface area (Å²) >= 11 is 1.79. The quantitative estimate of drug-likeness (QED) is 0.754. The highest BCUT2D eigenvalue weighted by Crippen LogP contribution is 2.45. The van der Waals surface area contributed by atoms with Crippen molar-refractivity contribution < 1.29 is 14.3 Å². The van der Waals surface area contributed by atoms with E-state index in [-0.39, 0.29) is 16.9 Å². The molecule has 1 amide bonds. The number of carbonyl (C=O) groups is 1. The first-order chi connectivity index (χ1) is 14.1. The summed E-state index contributed by atoms with van der Waals surface area (Å²) in [6.07, 6.45) is 10.4. The van der Waals surface area contributed by atoms with Crippen LogP contribution in [0.5, 0.6) is 0 Å². The third-order valence-corrected chi connectivity index (χ3v) is 8.88. The monoisotopic (exact) mass is 421 g/mol. The lowest BCUT2D eigenvalue weighted by atomic mass is 9.91. The van der Waals surface area contributed by atoms with Crippen LogP contribution in [0.3, 0.4) is 0 Å².